The molecule has 0 atom stereocenters. The number of ether oxygens (including phenoxy) is 1. The Bertz CT molecular complexity index is 901. The van der Waals surface area contributed by atoms with Crippen LogP contribution in [0.15, 0.2) is 29.2 Å². The molecule has 0 spiro atoms. The van der Waals surface area contributed by atoms with E-state index >= 15 is 0 Å². The highest BCUT2D eigenvalue weighted by Gasteiger charge is 2.11. The maximum atomic E-state index is 11.8. The van der Waals surface area contributed by atoms with E-state index in [-0.39, 0.29) is 11.5 Å². The number of nitrogens with zero attached hydrogens (tertiary/aromatic N) is 2. The van der Waals surface area contributed by atoms with Crippen LogP contribution in [-0.2, 0) is 4.74 Å². The van der Waals surface area contributed by atoms with Crippen LogP contribution in [0.1, 0.15) is 10.4 Å². The molecule has 0 aliphatic carbocycles. The Kier molecular flexibility index (Phi) is 2.60. The minimum absolute atomic E-state index is 0.0125. The molecule has 20 heavy (non-hydrogen) atoms. The molecule has 0 aliphatic rings. The first-order chi connectivity index (χ1) is 9.60. The lowest BCUT2D eigenvalue weighted by Crippen LogP contribution is -2.11. The second kappa shape index (κ2) is 4.30. The van der Waals surface area contributed by atoms with Crippen LogP contribution in [0.3, 0.4) is 0 Å². The Hall–Kier alpha value is -2.96. The van der Waals surface area contributed by atoms with Gasteiger partial charge in [-0.05, 0) is 18.2 Å². The molecule has 0 bridgehead atoms. The van der Waals surface area contributed by atoms with Crippen LogP contribution in [0.2, 0.25) is 0 Å². The lowest BCUT2D eigenvalue weighted by molar-refractivity contribution is 0.0601. The summed E-state index contributed by atoms with van der Waals surface area (Å²) < 4.78 is 4.67. The fraction of sp³-hybridized carbons (Fsp3) is 0.0769. The van der Waals surface area contributed by atoms with E-state index in [1.54, 1.807) is 18.2 Å². The van der Waals surface area contributed by atoms with Gasteiger partial charge in [-0.2, -0.15) is 0 Å². The highest BCUT2D eigenvalue weighted by atomic mass is 16.5. The molecule has 2 heterocycles. The molecular formula is C13H10N4O3. The predicted molar refractivity (Wildman–Crippen MR) is 73.4 cm³/mol. The standard InChI is InChI=1S/C13H10N4O3/c1-20-12(19)6-2-3-9-7(4-6)10-8(5-15-9)11(18)17-13(14)16-10/h2-5H,1H3,(H3,14,16,17,18). The van der Waals surface area contributed by atoms with Crippen molar-refractivity contribution in [1.82, 2.24) is 15.0 Å². The van der Waals surface area contributed by atoms with Gasteiger partial charge in [-0.25, -0.2) is 9.78 Å². The van der Waals surface area contributed by atoms with Gasteiger partial charge < -0.3 is 10.5 Å². The van der Waals surface area contributed by atoms with Crippen LogP contribution in [-0.4, -0.2) is 28.0 Å². The second-order valence-electron chi connectivity index (χ2n) is 4.20. The van der Waals surface area contributed by atoms with Crippen molar-refractivity contribution in [2.45, 2.75) is 0 Å². The van der Waals surface area contributed by atoms with E-state index in [1.165, 1.54) is 13.3 Å². The van der Waals surface area contributed by atoms with Crippen molar-refractivity contribution < 1.29 is 9.53 Å². The Morgan fingerprint density at radius 2 is 2.15 bits per heavy atom. The first-order valence-corrected chi connectivity index (χ1v) is 5.77. The van der Waals surface area contributed by atoms with Crippen LogP contribution in [0.5, 0.6) is 0 Å². The van der Waals surface area contributed by atoms with Gasteiger partial charge >= 0.3 is 5.97 Å². The molecule has 3 aromatic rings. The van der Waals surface area contributed by atoms with Gasteiger partial charge in [-0.3, -0.25) is 14.8 Å². The van der Waals surface area contributed by atoms with Crippen LogP contribution < -0.4 is 11.3 Å². The van der Waals surface area contributed by atoms with E-state index in [0.717, 1.165) is 0 Å². The number of pyridine rings is 1. The zero-order valence-electron chi connectivity index (χ0n) is 10.5. The summed E-state index contributed by atoms with van der Waals surface area (Å²) in [6, 6.07) is 4.85. The highest BCUT2D eigenvalue weighted by molar-refractivity contribution is 6.05. The molecule has 3 N–H and O–H groups in total. The first kappa shape index (κ1) is 12.1. The summed E-state index contributed by atoms with van der Waals surface area (Å²) in [5.74, 6) is -0.458. The number of methoxy groups -OCH3 is 1. The maximum Gasteiger partial charge on any atom is 0.337 e. The van der Waals surface area contributed by atoms with Crippen LogP contribution in [0, 0.1) is 0 Å². The molecule has 0 saturated heterocycles. The van der Waals surface area contributed by atoms with Gasteiger partial charge in [0.15, 0.2) is 0 Å². The number of H-pyrrole nitrogens is 1. The van der Waals surface area contributed by atoms with Crippen LogP contribution >= 0.6 is 0 Å². The summed E-state index contributed by atoms with van der Waals surface area (Å²) >= 11 is 0. The molecule has 0 amide bonds. The zero-order chi connectivity index (χ0) is 14.3. The van der Waals surface area contributed by atoms with Crippen molar-refractivity contribution in [2.75, 3.05) is 12.8 Å². The van der Waals surface area contributed by atoms with Crippen molar-refractivity contribution >= 4 is 33.7 Å². The van der Waals surface area contributed by atoms with Gasteiger partial charge in [0.25, 0.3) is 5.56 Å². The molecule has 100 valence electrons. The third-order valence-corrected chi connectivity index (χ3v) is 2.98. The third kappa shape index (κ3) is 1.76. The molecule has 0 fully saturated rings. The minimum atomic E-state index is -0.471. The SMILES string of the molecule is COC(=O)c1ccc2ncc3c(=O)[nH]c(N)nc3c2c1. The van der Waals surface area contributed by atoms with Crippen molar-refractivity contribution in [3.8, 4) is 0 Å². The summed E-state index contributed by atoms with van der Waals surface area (Å²) in [7, 11) is 1.30. The highest BCUT2D eigenvalue weighted by Crippen LogP contribution is 2.21. The summed E-state index contributed by atoms with van der Waals surface area (Å²) in [6.07, 6.45) is 1.43. The number of nitrogen functional groups attached to an aromatic ring is 1. The summed E-state index contributed by atoms with van der Waals surface area (Å²) in [5, 5.41) is 0.886. The van der Waals surface area contributed by atoms with Crippen molar-refractivity contribution in [3.63, 3.8) is 0 Å². The molecule has 0 unspecified atom stereocenters. The quantitative estimate of drug-likeness (QED) is 0.500. The molecule has 2 aromatic heterocycles. The van der Waals surface area contributed by atoms with E-state index in [4.69, 9.17) is 5.73 Å². The van der Waals surface area contributed by atoms with Crippen LogP contribution in [0.25, 0.3) is 21.8 Å². The van der Waals surface area contributed by atoms with Crippen LogP contribution in [0.4, 0.5) is 5.95 Å². The number of esters is 1. The van der Waals surface area contributed by atoms with Gasteiger partial charge in [0.1, 0.15) is 0 Å². The van der Waals surface area contributed by atoms with Crippen molar-refractivity contribution in [3.05, 3.63) is 40.3 Å². The number of aromatic nitrogens is 3. The maximum absolute atomic E-state index is 11.8. The average Bonchev–Trinajstić information content (AvgIpc) is 2.45. The largest absolute Gasteiger partial charge is 0.465 e. The smallest absolute Gasteiger partial charge is 0.337 e. The third-order valence-electron chi connectivity index (χ3n) is 2.98. The Morgan fingerprint density at radius 3 is 2.90 bits per heavy atom. The molecule has 0 saturated carbocycles. The molecule has 1 aromatic carbocycles. The van der Waals surface area contributed by atoms with E-state index in [2.05, 4.69) is 19.7 Å². The summed E-state index contributed by atoms with van der Waals surface area (Å²) in [6.45, 7) is 0. The minimum Gasteiger partial charge on any atom is -0.465 e. The number of nitrogens with two attached hydrogens (primary N) is 1. The lowest BCUT2D eigenvalue weighted by atomic mass is 10.1. The molecule has 7 heteroatoms. The number of fused-ring (bicyclic) bond motifs is 3. The molecular weight excluding hydrogens is 260 g/mol. The molecule has 3 rings (SSSR count). The lowest BCUT2D eigenvalue weighted by Gasteiger charge is -2.05. The fourth-order valence-electron chi connectivity index (χ4n) is 2.04. The van der Waals surface area contributed by atoms with Gasteiger partial charge in [0.2, 0.25) is 5.95 Å². The molecule has 0 radical (unpaired) electrons. The van der Waals surface area contributed by atoms with E-state index in [0.29, 0.717) is 27.4 Å². The summed E-state index contributed by atoms with van der Waals surface area (Å²) in [4.78, 5) is 34.1. The first-order valence-electron chi connectivity index (χ1n) is 5.77. The van der Waals surface area contributed by atoms with Gasteiger partial charge in [-0.1, -0.05) is 0 Å². The number of anilines is 1. The monoisotopic (exact) mass is 270 g/mol. The Morgan fingerprint density at radius 1 is 1.35 bits per heavy atom. The second-order valence-corrected chi connectivity index (χ2v) is 4.20. The number of aromatic amines is 1. The van der Waals surface area contributed by atoms with Gasteiger partial charge in [-0.15, -0.1) is 0 Å². The van der Waals surface area contributed by atoms with Gasteiger partial charge in [0, 0.05) is 11.6 Å². The number of hydrogen-bond acceptors (Lipinski definition) is 6. The predicted octanol–water partition coefficient (Wildman–Crippen LogP) is 0.840. The topological polar surface area (TPSA) is 111 Å². The number of benzene rings is 1. The number of hydrogen-bond donors (Lipinski definition) is 2. The number of carbonyl (C=O) groups excluding carboxylic acids is 1. The van der Waals surface area contributed by atoms with E-state index in [1.807, 2.05) is 0 Å². The summed E-state index contributed by atoms with van der Waals surface area (Å²) in [5.41, 5.74) is 6.57. The normalized spacial score (nSPS) is 10.8. The van der Waals surface area contributed by atoms with E-state index < -0.39 is 5.97 Å². The van der Waals surface area contributed by atoms with Gasteiger partial charge in [0.05, 0.1) is 29.1 Å². The Labute approximate surface area is 112 Å². The number of nitrogens with one attached hydrogen (secondary N) is 1. The van der Waals surface area contributed by atoms with Crippen molar-refractivity contribution in [2.24, 2.45) is 0 Å². The fourth-order valence-corrected chi connectivity index (χ4v) is 2.04. The molecule has 0 aliphatic heterocycles. The van der Waals surface area contributed by atoms with Crippen molar-refractivity contribution in [1.29, 1.82) is 0 Å². The Balaban J connectivity index is 2.45. The number of rotatable bonds is 1. The number of carbonyl (C=O) groups is 1. The molecule has 7 nitrogen and oxygen atoms in total. The van der Waals surface area contributed by atoms with E-state index in [9.17, 15) is 9.59 Å². The zero-order valence-corrected chi connectivity index (χ0v) is 10.5. The average molecular weight is 270 g/mol.